The molecule has 1 aromatic rings. The second kappa shape index (κ2) is 6.57. The smallest absolute Gasteiger partial charge is 0.240 e. The number of amides is 1. The molecule has 0 N–H and O–H groups in total. The molecule has 112 valence electrons. The summed E-state index contributed by atoms with van der Waals surface area (Å²) in [5.41, 5.74) is 0.962. The van der Waals surface area contributed by atoms with Crippen LogP contribution in [0.2, 0.25) is 0 Å². The van der Waals surface area contributed by atoms with Gasteiger partial charge in [-0.3, -0.25) is 4.79 Å². The summed E-state index contributed by atoms with van der Waals surface area (Å²) in [5.74, 6) is -0.868. The lowest BCUT2D eigenvalue weighted by Crippen LogP contribution is -2.50. The molecule has 0 radical (unpaired) electrons. The number of anilines is 1. The quantitative estimate of drug-likeness (QED) is 0.857. The molecule has 4 nitrogen and oxygen atoms in total. The SMILES string of the molecule is CC(C)C(C#N)C(=O)N1CCN(c2ccc(F)cc2)CC1. The van der Waals surface area contributed by atoms with Crippen molar-refractivity contribution in [3.8, 4) is 6.07 Å². The molecule has 1 fully saturated rings. The zero-order valence-corrected chi connectivity index (χ0v) is 12.4. The summed E-state index contributed by atoms with van der Waals surface area (Å²) in [6.07, 6.45) is 0. The third kappa shape index (κ3) is 3.52. The molecule has 1 heterocycles. The highest BCUT2D eigenvalue weighted by molar-refractivity contribution is 5.81. The molecule has 1 aliphatic heterocycles. The Morgan fingerprint density at radius 3 is 2.24 bits per heavy atom. The summed E-state index contributed by atoms with van der Waals surface area (Å²) in [6, 6.07) is 8.48. The average Bonchev–Trinajstić information content (AvgIpc) is 2.48. The molecule has 0 spiro atoms. The van der Waals surface area contributed by atoms with E-state index in [1.54, 1.807) is 17.0 Å². The van der Waals surface area contributed by atoms with Crippen molar-refractivity contribution in [2.24, 2.45) is 11.8 Å². The summed E-state index contributed by atoms with van der Waals surface area (Å²) in [7, 11) is 0. The number of carbonyl (C=O) groups excluding carboxylic acids is 1. The number of rotatable bonds is 3. The van der Waals surface area contributed by atoms with Gasteiger partial charge in [-0.2, -0.15) is 5.26 Å². The summed E-state index contributed by atoms with van der Waals surface area (Å²) in [4.78, 5) is 16.2. The third-order valence-corrected chi connectivity index (χ3v) is 3.85. The van der Waals surface area contributed by atoms with Gasteiger partial charge in [-0.1, -0.05) is 13.8 Å². The van der Waals surface area contributed by atoms with Crippen molar-refractivity contribution in [2.45, 2.75) is 13.8 Å². The summed E-state index contributed by atoms with van der Waals surface area (Å²) < 4.78 is 12.9. The minimum Gasteiger partial charge on any atom is -0.368 e. The Morgan fingerprint density at radius 2 is 1.76 bits per heavy atom. The van der Waals surface area contributed by atoms with Gasteiger partial charge in [0, 0.05) is 31.9 Å². The second-order valence-corrected chi connectivity index (χ2v) is 5.64. The Balaban J connectivity index is 1.95. The lowest BCUT2D eigenvalue weighted by molar-refractivity contribution is -0.135. The molecular formula is C16H20FN3O. The van der Waals surface area contributed by atoms with E-state index in [0.717, 1.165) is 5.69 Å². The number of hydrogen-bond donors (Lipinski definition) is 0. The number of hydrogen-bond acceptors (Lipinski definition) is 3. The fraction of sp³-hybridized carbons (Fsp3) is 0.500. The highest BCUT2D eigenvalue weighted by Gasteiger charge is 2.29. The molecule has 1 unspecified atom stereocenters. The molecule has 1 aromatic carbocycles. The number of nitrogens with zero attached hydrogens (tertiary/aromatic N) is 3. The number of carbonyl (C=O) groups is 1. The standard InChI is InChI=1S/C16H20FN3O/c1-12(2)15(11-18)16(21)20-9-7-19(8-10-20)14-5-3-13(17)4-6-14/h3-6,12,15H,7-10H2,1-2H3. The van der Waals surface area contributed by atoms with E-state index in [1.165, 1.54) is 12.1 Å². The lowest BCUT2D eigenvalue weighted by atomic mass is 9.95. The second-order valence-electron chi connectivity index (χ2n) is 5.64. The van der Waals surface area contributed by atoms with Crippen LogP contribution in [0.1, 0.15) is 13.8 Å². The van der Waals surface area contributed by atoms with Crippen LogP contribution in [0.3, 0.4) is 0 Å². The Labute approximate surface area is 124 Å². The van der Waals surface area contributed by atoms with Crippen LogP contribution in [0.25, 0.3) is 0 Å². The monoisotopic (exact) mass is 289 g/mol. The van der Waals surface area contributed by atoms with Crippen LogP contribution in [0.5, 0.6) is 0 Å². The topological polar surface area (TPSA) is 47.3 Å². The highest BCUT2D eigenvalue weighted by atomic mass is 19.1. The molecule has 0 saturated carbocycles. The Bertz CT molecular complexity index is 527. The van der Waals surface area contributed by atoms with Crippen LogP contribution in [0.4, 0.5) is 10.1 Å². The van der Waals surface area contributed by atoms with Gasteiger partial charge >= 0.3 is 0 Å². The zero-order valence-electron chi connectivity index (χ0n) is 12.4. The van der Waals surface area contributed by atoms with Crippen LogP contribution >= 0.6 is 0 Å². The van der Waals surface area contributed by atoms with Gasteiger partial charge in [0.15, 0.2) is 0 Å². The maximum Gasteiger partial charge on any atom is 0.240 e. The maximum atomic E-state index is 12.9. The molecule has 5 heteroatoms. The van der Waals surface area contributed by atoms with Crippen molar-refractivity contribution in [2.75, 3.05) is 31.1 Å². The van der Waals surface area contributed by atoms with Crippen LogP contribution in [-0.2, 0) is 4.79 Å². The molecule has 1 aliphatic rings. The van der Waals surface area contributed by atoms with E-state index in [2.05, 4.69) is 11.0 Å². The molecule has 0 aliphatic carbocycles. The van der Waals surface area contributed by atoms with E-state index in [0.29, 0.717) is 26.2 Å². The third-order valence-electron chi connectivity index (χ3n) is 3.85. The molecule has 2 rings (SSSR count). The molecule has 1 atom stereocenters. The van der Waals surface area contributed by atoms with Gasteiger partial charge in [0.05, 0.1) is 6.07 Å². The molecule has 21 heavy (non-hydrogen) atoms. The van der Waals surface area contributed by atoms with Gasteiger partial charge in [0.25, 0.3) is 0 Å². The van der Waals surface area contributed by atoms with Gasteiger partial charge in [0.1, 0.15) is 11.7 Å². The predicted molar refractivity (Wildman–Crippen MR) is 79.1 cm³/mol. The van der Waals surface area contributed by atoms with Crippen molar-refractivity contribution in [3.05, 3.63) is 30.1 Å². The van der Waals surface area contributed by atoms with Crippen molar-refractivity contribution in [1.82, 2.24) is 4.90 Å². The first-order valence-electron chi connectivity index (χ1n) is 7.22. The largest absolute Gasteiger partial charge is 0.368 e. The Morgan fingerprint density at radius 1 is 1.19 bits per heavy atom. The van der Waals surface area contributed by atoms with Crippen molar-refractivity contribution in [1.29, 1.82) is 5.26 Å². The first-order chi connectivity index (χ1) is 10.0. The van der Waals surface area contributed by atoms with Crippen molar-refractivity contribution in [3.63, 3.8) is 0 Å². The fourth-order valence-corrected chi connectivity index (χ4v) is 2.52. The zero-order chi connectivity index (χ0) is 15.4. The van der Waals surface area contributed by atoms with E-state index in [4.69, 9.17) is 5.26 Å². The maximum absolute atomic E-state index is 12.9. The minimum atomic E-state index is -0.567. The summed E-state index contributed by atoms with van der Waals surface area (Å²) in [5, 5.41) is 9.11. The van der Waals surface area contributed by atoms with E-state index in [9.17, 15) is 9.18 Å². The predicted octanol–water partition coefficient (Wildman–Crippen LogP) is 2.27. The average molecular weight is 289 g/mol. The molecular weight excluding hydrogens is 269 g/mol. The molecule has 0 bridgehead atoms. The van der Waals surface area contributed by atoms with Gasteiger partial charge in [0.2, 0.25) is 5.91 Å². The van der Waals surface area contributed by atoms with Gasteiger partial charge in [-0.05, 0) is 30.2 Å². The Hall–Kier alpha value is -2.09. The Kier molecular flexibility index (Phi) is 4.79. The van der Waals surface area contributed by atoms with E-state index in [1.807, 2.05) is 13.8 Å². The van der Waals surface area contributed by atoms with Crippen LogP contribution in [0.15, 0.2) is 24.3 Å². The molecule has 1 saturated heterocycles. The minimum absolute atomic E-state index is 0.0256. The number of piperazine rings is 1. The van der Waals surface area contributed by atoms with Crippen molar-refractivity contribution >= 4 is 11.6 Å². The number of benzene rings is 1. The van der Waals surface area contributed by atoms with Crippen molar-refractivity contribution < 1.29 is 9.18 Å². The summed E-state index contributed by atoms with van der Waals surface area (Å²) in [6.45, 7) is 6.38. The van der Waals surface area contributed by atoms with E-state index >= 15 is 0 Å². The first-order valence-corrected chi connectivity index (χ1v) is 7.22. The molecule has 1 amide bonds. The van der Waals surface area contributed by atoms with Crippen LogP contribution in [-0.4, -0.2) is 37.0 Å². The van der Waals surface area contributed by atoms with Crippen LogP contribution < -0.4 is 4.90 Å². The van der Waals surface area contributed by atoms with Gasteiger partial charge in [-0.25, -0.2) is 4.39 Å². The number of halogens is 1. The normalized spacial score (nSPS) is 16.7. The molecule has 0 aromatic heterocycles. The first kappa shape index (κ1) is 15.3. The summed E-state index contributed by atoms with van der Waals surface area (Å²) >= 11 is 0. The lowest BCUT2D eigenvalue weighted by Gasteiger charge is -2.37. The van der Waals surface area contributed by atoms with E-state index in [-0.39, 0.29) is 17.6 Å². The fourth-order valence-electron chi connectivity index (χ4n) is 2.52. The van der Waals surface area contributed by atoms with Gasteiger partial charge in [-0.15, -0.1) is 0 Å². The van der Waals surface area contributed by atoms with Gasteiger partial charge < -0.3 is 9.80 Å². The number of nitriles is 1. The van der Waals surface area contributed by atoms with E-state index < -0.39 is 5.92 Å². The van der Waals surface area contributed by atoms with Crippen LogP contribution in [0, 0.1) is 29.0 Å². The highest BCUT2D eigenvalue weighted by Crippen LogP contribution is 2.19.